The van der Waals surface area contributed by atoms with Gasteiger partial charge in [-0.3, -0.25) is 24.1 Å². The van der Waals surface area contributed by atoms with Crippen LogP contribution >= 0.6 is 22.9 Å². The summed E-state index contributed by atoms with van der Waals surface area (Å²) in [5, 5.41) is 16.4. The summed E-state index contributed by atoms with van der Waals surface area (Å²) in [6.45, 7) is 16.4. The van der Waals surface area contributed by atoms with Crippen LogP contribution in [0.1, 0.15) is 139 Å². The number of halogens is 1. The number of aryl methyl sites for hydroxylation is 1. The van der Waals surface area contributed by atoms with E-state index in [1.807, 2.05) is 68.4 Å². The van der Waals surface area contributed by atoms with E-state index in [0.717, 1.165) is 123 Å². The van der Waals surface area contributed by atoms with Crippen LogP contribution in [0.5, 0.6) is 5.75 Å². The van der Waals surface area contributed by atoms with Crippen LogP contribution in [-0.4, -0.2) is 149 Å². The van der Waals surface area contributed by atoms with E-state index in [-0.39, 0.29) is 56.0 Å². The van der Waals surface area contributed by atoms with E-state index in [4.69, 9.17) is 21.3 Å². The molecule has 2 aromatic heterocycles. The van der Waals surface area contributed by atoms with Gasteiger partial charge in [-0.15, -0.1) is 11.3 Å². The summed E-state index contributed by atoms with van der Waals surface area (Å²) in [4.78, 5) is 77.6. The molecule has 3 N–H and O–H groups in total. The van der Waals surface area contributed by atoms with Crippen molar-refractivity contribution in [3.8, 4) is 16.2 Å². The summed E-state index contributed by atoms with van der Waals surface area (Å²) in [6.07, 6.45) is 9.68. The lowest BCUT2D eigenvalue weighted by molar-refractivity contribution is -0.144. The molecule has 83 heavy (non-hydrogen) atoms. The highest BCUT2D eigenvalue weighted by Crippen LogP contribution is 2.33. The van der Waals surface area contributed by atoms with Gasteiger partial charge in [0.1, 0.15) is 23.7 Å². The number of thiazole rings is 1. The van der Waals surface area contributed by atoms with E-state index in [1.54, 1.807) is 56.7 Å². The van der Waals surface area contributed by atoms with Crippen molar-refractivity contribution in [2.24, 2.45) is 5.41 Å². The first-order valence-corrected chi connectivity index (χ1v) is 32.3. The number of hydrogen-bond donors (Lipinski definition) is 3. The fourth-order valence-corrected chi connectivity index (χ4v) is 13.8. The van der Waals surface area contributed by atoms with Gasteiger partial charge in [0.05, 0.1) is 50.2 Å². The van der Waals surface area contributed by atoms with E-state index in [2.05, 4.69) is 48.6 Å². The molecule has 3 aliphatic rings. The molecule has 3 fully saturated rings. The SMILES string of the molecule is COc1cc(N2CCC(N3CCN(C(=O)CCCCCCCCC(=O)N[C@H](C(=O)N4C[C@H](O)C[C@H]4C(=O)NCc4ccc(-c5scnc5C)cc4)C(C)(C)C)CC3)CC2)ccc1Cc1ncc(Cl)c(Cc2ccccc2S(=O)(=O)C(C)C)n1. The molecular weight excluding hydrogens is 1110 g/mol. The molecule has 0 radical (unpaired) electrons. The lowest BCUT2D eigenvalue weighted by Gasteiger charge is -2.43. The number of nitrogens with one attached hydrogen (secondary N) is 2. The Balaban J connectivity index is 0.698. The minimum absolute atomic E-state index is 0.0218. The highest BCUT2D eigenvalue weighted by Gasteiger charge is 2.44. The number of aliphatic hydroxyl groups excluding tert-OH is 1. The Morgan fingerprint density at radius 1 is 0.855 bits per heavy atom. The zero-order valence-corrected chi connectivity index (χ0v) is 51.8. The first kappa shape index (κ1) is 63.0. The van der Waals surface area contributed by atoms with Crippen LogP contribution in [0.4, 0.5) is 5.69 Å². The Morgan fingerprint density at radius 3 is 2.20 bits per heavy atom. The first-order valence-electron chi connectivity index (χ1n) is 29.5. The van der Waals surface area contributed by atoms with E-state index in [1.165, 1.54) is 4.90 Å². The number of β-amino-alcohol motifs (C(OH)–C–C–N with tert-alkyl or cyclic N) is 1. The van der Waals surface area contributed by atoms with Gasteiger partial charge in [0.25, 0.3) is 0 Å². The second-order valence-corrected chi connectivity index (χ2v) is 27.6. The third-order valence-corrected chi connectivity index (χ3v) is 20.1. The molecule has 3 aliphatic heterocycles. The minimum Gasteiger partial charge on any atom is -0.496 e. The van der Waals surface area contributed by atoms with Crippen LogP contribution in [0, 0.1) is 12.3 Å². The molecule has 0 aliphatic carbocycles. The third-order valence-electron chi connectivity index (χ3n) is 16.5. The maximum Gasteiger partial charge on any atom is 0.246 e. The summed E-state index contributed by atoms with van der Waals surface area (Å²) in [7, 11) is -1.83. The number of unbranched alkanes of at least 4 members (excludes halogenated alkanes) is 5. The fourth-order valence-electron chi connectivity index (χ4n) is 11.5. The second kappa shape index (κ2) is 28.7. The number of likely N-dealkylation sites (tertiary alicyclic amines) is 1. The number of piperidine rings is 1. The Bertz CT molecular complexity index is 3130. The van der Waals surface area contributed by atoms with Gasteiger partial charge in [-0.05, 0) is 80.7 Å². The molecule has 0 spiro atoms. The van der Waals surface area contributed by atoms with Crippen molar-refractivity contribution in [1.82, 2.24) is 40.3 Å². The minimum atomic E-state index is -3.50. The molecule has 0 bridgehead atoms. The first-order chi connectivity index (χ1) is 39.7. The normalized spacial score (nSPS) is 17.7. The number of carbonyl (C=O) groups is 4. The van der Waals surface area contributed by atoms with Crippen LogP contribution in [0.2, 0.25) is 5.02 Å². The molecule has 5 aromatic rings. The molecule has 8 rings (SSSR count). The molecule has 17 nitrogen and oxygen atoms in total. The van der Waals surface area contributed by atoms with Gasteiger partial charge >= 0.3 is 0 Å². The van der Waals surface area contributed by atoms with Crippen molar-refractivity contribution in [3.05, 3.63) is 117 Å². The zero-order chi connectivity index (χ0) is 59.4. The van der Waals surface area contributed by atoms with E-state index < -0.39 is 38.7 Å². The largest absolute Gasteiger partial charge is 0.496 e. The molecule has 4 amide bonds. The van der Waals surface area contributed by atoms with Crippen LogP contribution in [0.25, 0.3) is 10.4 Å². The lowest BCUT2D eigenvalue weighted by atomic mass is 9.85. The van der Waals surface area contributed by atoms with Gasteiger partial charge in [-0.25, -0.2) is 23.4 Å². The summed E-state index contributed by atoms with van der Waals surface area (Å²) in [5.74, 6) is 0.608. The monoisotopic (exact) mass is 1190 g/mol. The van der Waals surface area contributed by atoms with Crippen LogP contribution < -0.4 is 20.3 Å². The predicted molar refractivity (Wildman–Crippen MR) is 326 cm³/mol. The topological polar surface area (TPSA) is 208 Å². The van der Waals surface area contributed by atoms with Gasteiger partial charge in [0, 0.05) is 114 Å². The molecule has 3 aromatic carbocycles. The van der Waals surface area contributed by atoms with Crippen molar-refractivity contribution >= 4 is 62.1 Å². The highest BCUT2D eigenvalue weighted by molar-refractivity contribution is 7.92. The van der Waals surface area contributed by atoms with Crippen molar-refractivity contribution in [3.63, 3.8) is 0 Å². The fraction of sp³-hybridized carbons (Fsp3) is 0.540. The molecular formula is C63H84ClN9O8S2. The average molecular weight is 1200 g/mol. The number of hydrogen-bond acceptors (Lipinski definition) is 14. The standard InChI is InChI=1S/C63H84ClN9O8S2/c1-42(2)83(79,80)55-17-15-14-16-47(55)34-52-51(64)39-65-56(68-52)35-46-24-25-49(36-54(46)81-7)70-28-26-48(27-29-70)71-30-32-72(33-31-71)58(76)19-13-11-9-8-10-12-18-57(75)69-60(63(4,5)6)62(78)73-40-50(74)37-53(73)61(77)66-38-44-20-22-45(23-21-44)59-43(3)67-41-82-59/h14-17,20-25,36,39,41-42,48,50,53,60,74H,8-13,18-19,26-35,37-38,40H2,1-7H3,(H,66,77)(H,69,75)/t50-,53+,60-/m1/s1. The zero-order valence-electron chi connectivity index (χ0n) is 49.4. The van der Waals surface area contributed by atoms with Gasteiger partial charge in [0.15, 0.2) is 9.84 Å². The van der Waals surface area contributed by atoms with Crippen molar-refractivity contribution in [1.29, 1.82) is 0 Å². The lowest BCUT2D eigenvalue weighted by Crippen LogP contribution is -2.57. The predicted octanol–water partition coefficient (Wildman–Crippen LogP) is 8.98. The highest BCUT2D eigenvalue weighted by atomic mass is 35.5. The maximum atomic E-state index is 14.1. The number of nitrogens with zero attached hydrogens (tertiary/aromatic N) is 7. The van der Waals surface area contributed by atoms with Crippen LogP contribution in [0.15, 0.2) is 83.3 Å². The van der Waals surface area contributed by atoms with Gasteiger partial charge in [-0.1, -0.05) is 107 Å². The smallest absolute Gasteiger partial charge is 0.246 e. The number of aromatic nitrogens is 3. The second-order valence-electron chi connectivity index (χ2n) is 23.8. The molecule has 3 atom stereocenters. The van der Waals surface area contributed by atoms with Crippen molar-refractivity contribution in [2.75, 3.05) is 57.8 Å². The van der Waals surface area contributed by atoms with E-state index in [9.17, 15) is 32.7 Å². The summed E-state index contributed by atoms with van der Waals surface area (Å²) < 4.78 is 32.1. The van der Waals surface area contributed by atoms with E-state index >= 15 is 0 Å². The van der Waals surface area contributed by atoms with Gasteiger partial charge in [0.2, 0.25) is 23.6 Å². The average Bonchev–Trinajstić information content (AvgIpc) is 4.29. The summed E-state index contributed by atoms with van der Waals surface area (Å²) >= 11 is 8.16. The molecule has 3 saturated heterocycles. The Kier molecular flexibility index (Phi) is 21.8. The number of anilines is 1. The number of carbonyl (C=O) groups excluding carboxylic acids is 4. The van der Waals surface area contributed by atoms with Gasteiger partial charge in [-0.2, -0.15) is 0 Å². The Hall–Kier alpha value is -5.99. The van der Waals surface area contributed by atoms with Crippen LogP contribution in [-0.2, 0) is 48.4 Å². The number of ether oxygens (including phenoxy) is 1. The molecule has 20 heteroatoms. The number of aliphatic hydroxyl groups is 1. The molecule has 0 unspecified atom stereocenters. The molecule has 0 saturated carbocycles. The van der Waals surface area contributed by atoms with Crippen molar-refractivity contribution in [2.45, 2.75) is 166 Å². The van der Waals surface area contributed by atoms with E-state index in [0.29, 0.717) is 52.3 Å². The summed E-state index contributed by atoms with van der Waals surface area (Å²) in [6, 6.07) is 20.0. The number of amides is 4. The molecule has 448 valence electrons. The Labute approximate surface area is 499 Å². The number of piperazine rings is 1. The van der Waals surface area contributed by atoms with Crippen molar-refractivity contribution < 1.29 is 37.4 Å². The summed E-state index contributed by atoms with van der Waals surface area (Å²) in [5.41, 5.74) is 7.37. The number of methoxy groups -OCH3 is 1. The third kappa shape index (κ3) is 16.5. The number of sulfone groups is 1. The Morgan fingerprint density at radius 2 is 1.54 bits per heavy atom. The van der Waals surface area contributed by atoms with Gasteiger partial charge < -0.3 is 35.2 Å². The van der Waals surface area contributed by atoms with Crippen LogP contribution in [0.3, 0.4) is 0 Å². The molecule has 5 heterocycles. The number of rotatable bonds is 24. The number of benzene rings is 3. The quantitative estimate of drug-likeness (QED) is 0.0494. The maximum absolute atomic E-state index is 14.1.